The Morgan fingerprint density at radius 2 is 1.89 bits per heavy atom. The van der Waals surface area contributed by atoms with Crippen LogP contribution in [0.15, 0.2) is 18.2 Å². The van der Waals surface area contributed by atoms with Gasteiger partial charge in [-0.3, -0.25) is 9.59 Å². The molecule has 1 N–H and O–H groups in total. The number of hydrogen-bond donors (Lipinski definition) is 1. The quantitative estimate of drug-likeness (QED) is 0.869. The van der Waals surface area contributed by atoms with Crippen molar-refractivity contribution in [1.29, 1.82) is 0 Å². The first-order valence-corrected chi connectivity index (χ1v) is 10.1. The fourth-order valence-electron chi connectivity index (χ4n) is 5.06. The van der Waals surface area contributed by atoms with E-state index in [1.54, 1.807) is 12.0 Å². The summed E-state index contributed by atoms with van der Waals surface area (Å²) in [6, 6.07) is 6.35. The highest BCUT2D eigenvalue weighted by Crippen LogP contribution is 2.39. The van der Waals surface area contributed by atoms with E-state index in [1.165, 1.54) is 12.8 Å². The van der Waals surface area contributed by atoms with Crippen LogP contribution in [0, 0.1) is 18.8 Å². The molecule has 2 heterocycles. The van der Waals surface area contributed by atoms with Gasteiger partial charge in [0.05, 0.1) is 18.6 Å². The van der Waals surface area contributed by atoms with Crippen molar-refractivity contribution in [3.63, 3.8) is 0 Å². The minimum Gasteiger partial charge on any atom is -0.497 e. The maximum absolute atomic E-state index is 13.5. The first-order valence-electron chi connectivity index (χ1n) is 10.1. The number of fused-ring (bicyclic) bond motifs is 1. The number of amides is 1. The maximum Gasteiger partial charge on any atom is 0.308 e. The number of carboxylic acid groups (broad SMARTS) is 1. The Morgan fingerprint density at radius 1 is 1.18 bits per heavy atom. The summed E-state index contributed by atoms with van der Waals surface area (Å²) >= 11 is 0. The summed E-state index contributed by atoms with van der Waals surface area (Å²) in [5.74, 6) is -0.706. The molecule has 6 heteroatoms. The van der Waals surface area contributed by atoms with Crippen LogP contribution in [0.5, 0.6) is 5.75 Å². The van der Waals surface area contributed by atoms with Crippen molar-refractivity contribution in [2.45, 2.75) is 45.6 Å². The van der Waals surface area contributed by atoms with E-state index in [-0.39, 0.29) is 18.4 Å². The number of hydrogen-bond acceptors (Lipinski definition) is 3. The number of likely N-dealkylation sites (tertiary alicyclic amines) is 1. The molecule has 1 saturated heterocycles. The molecule has 2 atom stereocenters. The maximum atomic E-state index is 13.5. The van der Waals surface area contributed by atoms with Crippen molar-refractivity contribution >= 4 is 22.8 Å². The predicted molar refractivity (Wildman–Crippen MR) is 107 cm³/mol. The van der Waals surface area contributed by atoms with E-state index in [4.69, 9.17) is 4.74 Å². The van der Waals surface area contributed by atoms with Gasteiger partial charge in [-0.1, -0.05) is 19.8 Å². The summed E-state index contributed by atoms with van der Waals surface area (Å²) in [6.45, 7) is 4.68. The Bertz CT molecular complexity index is 926. The molecule has 150 valence electrons. The van der Waals surface area contributed by atoms with Crippen molar-refractivity contribution < 1.29 is 19.4 Å². The number of benzene rings is 1. The lowest BCUT2D eigenvalue weighted by Gasteiger charge is -2.18. The minimum atomic E-state index is -0.824. The molecule has 0 radical (unpaired) electrons. The standard InChI is InChI=1S/C22H28N2O4/c1-13-11-23(12-18(13)22(26)27)21(25)20-14(2)24(15-6-4-5-7-15)19-9-8-16(28-3)10-17(19)20/h8-10,13,15,18H,4-7,11-12H2,1-3H3,(H,26,27)/t13-,18-/m1/s1. The van der Waals surface area contributed by atoms with Gasteiger partial charge in [-0.25, -0.2) is 0 Å². The molecule has 1 aromatic heterocycles. The third kappa shape index (κ3) is 2.95. The summed E-state index contributed by atoms with van der Waals surface area (Å²) in [6.07, 6.45) is 4.69. The third-order valence-electron chi connectivity index (χ3n) is 6.58. The number of rotatable bonds is 4. The molecule has 0 bridgehead atoms. The number of aliphatic carboxylic acids is 1. The molecule has 0 spiro atoms. The van der Waals surface area contributed by atoms with E-state index in [0.717, 1.165) is 35.2 Å². The van der Waals surface area contributed by atoms with Crippen molar-refractivity contribution in [2.24, 2.45) is 11.8 Å². The molecular weight excluding hydrogens is 356 g/mol. The van der Waals surface area contributed by atoms with Gasteiger partial charge in [-0.05, 0) is 43.9 Å². The third-order valence-corrected chi connectivity index (χ3v) is 6.58. The molecule has 28 heavy (non-hydrogen) atoms. The number of nitrogens with zero attached hydrogens (tertiary/aromatic N) is 2. The molecule has 1 aliphatic heterocycles. The van der Waals surface area contributed by atoms with Crippen LogP contribution in [0.25, 0.3) is 10.9 Å². The topological polar surface area (TPSA) is 71.8 Å². The van der Waals surface area contributed by atoms with Crippen molar-refractivity contribution in [1.82, 2.24) is 9.47 Å². The smallest absolute Gasteiger partial charge is 0.308 e. The van der Waals surface area contributed by atoms with Gasteiger partial charge in [0, 0.05) is 35.7 Å². The molecule has 1 aromatic carbocycles. The molecule has 1 saturated carbocycles. The van der Waals surface area contributed by atoms with Crippen LogP contribution < -0.4 is 4.74 Å². The zero-order chi connectivity index (χ0) is 20.0. The number of carbonyl (C=O) groups excluding carboxylic acids is 1. The van der Waals surface area contributed by atoms with Crippen LogP contribution in [0.4, 0.5) is 0 Å². The highest BCUT2D eigenvalue weighted by Gasteiger charge is 2.39. The van der Waals surface area contributed by atoms with Crippen molar-refractivity contribution in [3.05, 3.63) is 29.5 Å². The lowest BCUT2D eigenvalue weighted by molar-refractivity contribution is -0.142. The lowest BCUT2D eigenvalue weighted by Crippen LogP contribution is -2.30. The zero-order valence-corrected chi connectivity index (χ0v) is 16.8. The van der Waals surface area contributed by atoms with E-state index in [0.29, 0.717) is 18.2 Å². The summed E-state index contributed by atoms with van der Waals surface area (Å²) in [5, 5.41) is 10.3. The van der Waals surface area contributed by atoms with Crippen LogP contribution in [-0.4, -0.2) is 46.6 Å². The van der Waals surface area contributed by atoms with Crippen LogP contribution in [0.3, 0.4) is 0 Å². The highest BCUT2D eigenvalue weighted by atomic mass is 16.5. The normalized spacial score (nSPS) is 22.9. The SMILES string of the molecule is COc1ccc2c(c1)c(C(=O)N1C[C@@H](C)[C@H](C(=O)O)C1)c(C)n2C1CCCC1. The average molecular weight is 384 g/mol. The van der Waals surface area contributed by atoms with Crippen LogP contribution in [0.1, 0.15) is 54.7 Å². The molecule has 2 aromatic rings. The second kappa shape index (κ2) is 7.15. The molecule has 2 fully saturated rings. The van der Waals surface area contributed by atoms with Gasteiger partial charge in [0.2, 0.25) is 0 Å². The van der Waals surface area contributed by atoms with Gasteiger partial charge in [0.25, 0.3) is 5.91 Å². The minimum absolute atomic E-state index is 0.0422. The van der Waals surface area contributed by atoms with E-state index in [2.05, 4.69) is 4.57 Å². The van der Waals surface area contributed by atoms with Crippen molar-refractivity contribution in [3.8, 4) is 5.75 Å². The van der Waals surface area contributed by atoms with Crippen LogP contribution >= 0.6 is 0 Å². The molecule has 4 rings (SSSR count). The second-order valence-corrected chi connectivity index (χ2v) is 8.28. The Labute approximate surface area is 165 Å². The second-order valence-electron chi connectivity index (χ2n) is 8.28. The summed E-state index contributed by atoms with van der Waals surface area (Å²) in [4.78, 5) is 26.7. The predicted octanol–water partition coefficient (Wildman–Crippen LogP) is 3.87. The number of carboxylic acids is 1. The summed E-state index contributed by atoms with van der Waals surface area (Å²) < 4.78 is 7.73. The first-order chi connectivity index (χ1) is 13.4. The van der Waals surface area contributed by atoms with Gasteiger partial charge >= 0.3 is 5.97 Å². The summed E-state index contributed by atoms with van der Waals surface area (Å²) in [5.41, 5.74) is 2.74. The summed E-state index contributed by atoms with van der Waals surface area (Å²) in [7, 11) is 1.63. The lowest BCUT2D eigenvalue weighted by atomic mass is 9.99. The Morgan fingerprint density at radius 3 is 2.50 bits per heavy atom. The molecule has 6 nitrogen and oxygen atoms in total. The van der Waals surface area contributed by atoms with E-state index in [1.807, 2.05) is 32.0 Å². The highest BCUT2D eigenvalue weighted by molar-refractivity contribution is 6.09. The Hall–Kier alpha value is -2.50. The van der Waals surface area contributed by atoms with E-state index >= 15 is 0 Å². The zero-order valence-electron chi connectivity index (χ0n) is 16.8. The number of methoxy groups -OCH3 is 1. The average Bonchev–Trinajstić information content (AvgIpc) is 3.37. The molecule has 1 amide bonds. The van der Waals surface area contributed by atoms with Gasteiger partial charge in [-0.2, -0.15) is 0 Å². The number of aromatic nitrogens is 1. The Kier molecular flexibility index (Phi) is 4.81. The first kappa shape index (κ1) is 18.8. The van der Waals surface area contributed by atoms with Gasteiger partial charge < -0.3 is 19.3 Å². The largest absolute Gasteiger partial charge is 0.497 e. The number of carbonyl (C=O) groups is 2. The fraction of sp³-hybridized carbons (Fsp3) is 0.545. The molecule has 0 unspecified atom stereocenters. The van der Waals surface area contributed by atoms with Crippen LogP contribution in [-0.2, 0) is 4.79 Å². The Balaban J connectivity index is 1.80. The molecule has 1 aliphatic carbocycles. The molecular formula is C22H28N2O4. The van der Waals surface area contributed by atoms with Gasteiger partial charge in [-0.15, -0.1) is 0 Å². The van der Waals surface area contributed by atoms with E-state index < -0.39 is 11.9 Å². The van der Waals surface area contributed by atoms with Crippen LogP contribution in [0.2, 0.25) is 0 Å². The van der Waals surface area contributed by atoms with Crippen molar-refractivity contribution in [2.75, 3.05) is 20.2 Å². The molecule has 2 aliphatic rings. The number of ether oxygens (including phenoxy) is 1. The monoisotopic (exact) mass is 384 g/mol. The van der Waals surface area contributed by atoms with E-state index in [9.17, 15) is 14.7 Å². The van der Waals surface area contributed by atoms with Gasteiger partial charge in [0.15, 0.2) is 0 Å². The fourth-order valence-corrected chi connectivity index (χ4v) is 5.06. The van der Waals surface area contributed by atoms with Gasteiger partial charge in [0.1, 0.15) is 5.75 Å².